The summed E-state index contributed by atoms with van der Waals surface area (Å²) in [5.41, 5.74) is 3.33. The van der Waals surface area contributed by atoms with Crippen LogP contribution in [0.15, 0.2) is 47.4 Å². The summed E-state index contributed by atoms with van der Waals surface area (Å²) in [5, 5.41) is 12.3. The van der Waals surface area contributed by atoms with E-state index in [9.17, 15) is 13.2 Å². The topological polar surface area (TPSA) is 86.7 Å². The van der Waals surface area contributed by atoms with Crippen LogP contribution in [0.1, 0.15) is 61.3 Å². The first kappa shape index (κ1) is 22.3. The zero-order chi connectivity index (χ0) is 21.7. The fourth-order valence-corrected chi connectivity index (χ4v) is 5.50. The Hall–Kier alpha value is -2.38. The summed E-state index contributed by atoms with van der Waals surface area (Å²) in [6.07, 6.45) is 4.84. The van der Waals surface area contributed by atoms with E-state index in [4.69, 9.17) is 5.11 Å². The number of benzene rings is 2. The molecule has 2 aromatic rings. The first-order chi connectivity index (χ1) is 14.3. The van der Waals surface area contributed by atoms with E-state index in [1.807, 2.05) is 43.3 Å². The number of nitrogens with one attached hydrogen (secondary N) is 1. The number of hydrogen-bond donors (Lipinski definition) is 2. The fourth-order valence-electron chi connectivity index (χ4n) is 3.96. The summed E-state index contributed by atoms with van der Waals surface area (Å²) < 4.78 is 27.9. The van der Waals surface area contributed by atoms with Gasteiger partial charge in [-0.1, -0.05) is 49.6 Å². The van der Waals surface area contributed by atoms with Gasteiger partial charge < -0.3 is 10.4 Å². The van der Waals surface area contributed by atoms with Crippen molar-refractivity contribution in [3.05, 3.63) is 59.2 Å². The number of fused-ring (bicyclic) bond motifs is 2. The molecule has 0 aromatic heterocycles. The lowest BCUT2D eigenvalue weighted by atomic mass is 9.96. The van der Waals surface area contributed by atoms with Crippen LogP contribution in [0.5, 0.6) is 0 Å². The molecular weight excluding hydrogens is 400 g/mol. The molecule has 30 heavy (non-hydrogen) atoms. The number of aryl methyl sites for hydroxylation is 1. The summed E-state index contributed by atoms with van der Waals surface area (Å²) in [5.74, 6) is -0.738. The molecule has 1 atom stereocenters. The average Bonchev–Trinajstić information content (AvgIpc) is 2.78. The molecule has 0 saturated carbocycles. The molecule has 1 aliphatic heterocycles. The van der Waals surface area contributed by atoms with Gasteiger partial charge in [-0.2, -0.15) is 0 Å². The van der Waals surface area contributed by atoms with Crippen molar-refractivity contribution in [2.45, 2.75) is 56.4 Å². The number of carboxylic acid groups (broad SMARTS) is 1. The van der Waals surface area contributed by atoms with E-state index in [-0.39, 0.29) is 12.5 Å². The Balaban J connectivity index is 1.77. The third-order valence-corrected chi connectivity index (χ3v) is 7.45. The molecule has 0 fully saturated rings. The third kappa shape index (κ3) is 4.84. The maximum Gasteiger partial charge on any atom is 0.303 e. The van der Waals surface area contributed by atoms with Crippen molar-refractivity contribution in [1.82, 2.24) is 5.32 Å². The molecule has 162 valence electrons. The van der Waals surface area contributed by atoms with Crippen LogP contribution in [0, 0.1) is 6.92 Å². The van der Waals surface area contributed by atoms with Crippen LogP contribution in [0.3, 0.4) is 0 Å². The molecule has 0 spiro atoms. The van der Waals surface area contributed by atoms with Gasteiger partial charge in [-0.05, 0) is 55.1 Å². The molecule has 0 bridgehead atoms. The Labute approximate surface area is 179 Å². The SMILES string of the molecule is Cc1ccc2c(c1)S(=O)(=O)N(C)c1ccccc1C2NCCCCCCCC(=O)O. The van der Waals surface area contributed by atoms with Gasteiger partial charge in [0.25, 0.3) is 10.0 Å². The second kappa shape index (κ2) is 9.62. The Kier molecular flexibility index (Phi) is 7.15. The van der Waals surface area contributed by atoms with Crippen molar-refractivity contribution < 1.29 is 18.3 Å². The highest BCUT2D eigenvalue weighted by molar-refractivity contribution is 7.92. The molecule has 0 saturated heterocycles. The van der Waals surface area contributed by atoms with Crippen molar-refractivity contribution in [1.29, 1.82) is 0 Å². The van der Waals surface area contributed by atoms with Crippen LogP contribution in [0.25, 0.3) is 0 Å². The average molecular weight is 431 g/mol. The highest BCUT2D eigenvalue weighted by Crippen LogP contribution is 2.40. The van der Waals surface area contributed by atoms with Crippen LogP contribution in [-0.2, 0) is 14.8 Å². The first-order valence-electron chi connectivity index (χ1n) is 10.5. The van der Waals surface area contributed by atoms with Gasteiger partial charge in [-0.15, -0.1) is 0 Å². The standard InChI is InChI=1S/C23H30N2O4S/c1-17-13-14-19-21(16-17)30(28,29)25(2)20-11-8-7-10-18(20)23(19)24-15-9-5-3-4-6-12-22(26)27/h7-8,10-11,13-14,16,23-24H,3-6,9,12,15H2,1-2H3,(H,26,27). The van der Waals surface area contributed by atoms with E-state index in [1.54, 1.807) is 13.1 Å². The number of rotatable bonds is 9. The number of sulfonamides is 1. The van der Waals surface area contributed by atoms with E-state index >= 15 is 0 Å². The number of anilines is 1. The molecule has 1 aliphatic rings. The van der Waals surface area contributed by atoms with E-state index in [0.29, 0.717) is 10.6 Å². The lowest BCUT2D eigenvalue weighted by molar-refractivity contribution is -0.137. The monoisotopic (exact) mass is 430 g/mol. The van der Waals surface area contributed by atoms with Gasteiger partial charge in [-0.3, -0.25) is 9.10 Å². The Morgan fingerprint density at radius 2 is 1.73 bits per heavy atom. The zero-order valence-corrected chi connectivity index (χ0v) is 18.4. The van der Waals surface area contributed by atoms with Gasteiger partial charge in [0, 0.05) is 13.5 Å². The van der Waals surface area contributed by atoms with E-state index in [0.717, 1.165) is 55.3 Å². The number of hydrogen-bond acceptors (Lipinski definition) is 4. The largest absolute Gasteiger partial charge is 0.481 e. The Morgan fingerprint density at radius 3 is 2.50 bits per heavy atom. The molecular formula is C23H30N2O4S. The molecule has 6 nitrogen and oxygen atoms in total. The summed E-state index contributed by atoms with van der Waals surface area (Å²) in [4.78, 5) is 10.9. The highest BCUT2D eigenvalue weighted by Gasteiger charge is 2.34. The van der Waals surface area contributed by atoms with Crippen LogP contribution in [-0.4, -0.2) is 33.1 Å². The van der Waals surface area contributed by atoms with Crippen LogP contribution in [0.4, 0.5) is 5.69 Å². The van der Waals surface area contributed by atoms with Crippen molar-refractivity contribution >= 4 is 21.7 Å². The van der Waals surface area contributed by atoms with E-state index < -0.39 is 16.0 Å². The zero-order valence-electron chi connectivity index (χ0n) is 17.6. The second-order valence-corrected chi connectivity index (χ2v) is 9.81. The summed E-state index contributed by atoms with van der Waals surface area (Å²) in [6.45, 7) is 2.66. The normalized spacial score (nSPS) is 17.1. The quantitative estimate of drug-likeness (QED) is 0.581. The molecule has 1 unspecified atom stereocenters. The molecule has 1 heterocycles. The number of carboxylic acids is 1. The van der Waals surface area contributed by atoms with Gasteiger partial charge in [-0.25, -0.2) is 8.42 Å². The van der Waals surface area contributed by atoms with Crippen LogP contribution in [0.2, 0.25) is 0 Å². The predicted octanol–water partition coefficient (Wildman–Crippen LogP) is 4.24. The Morgan fingerprint density at radius 1 is 1.03 bits per heavy atom. The number of carbonyl (C=O) groups is 1. The molecule has 2 N–H and O–H groups in total. The fraction of sp³-hybridized carbons (Fsp3) is 0.435. The molecule has 3 rings (SSSR count). The smallest absolute Gasteiger partial charge is 0.303 e. The van der Waals surface area contributed by atoms with Gasteiger partial charge >= 0.3 is 5.97 Å². The van der Waals surface area contributed by atoms with Crippen molar-refractivity contribution in [3.63, 3.8) is 0 Å². The van der Waals surface area contributed by atoms with Gasteiger partial charge in [0.15, 0.2) is 0 Å². The van der Waals surface area contributed by atoms with Gasteiger partial charge in [0.2, 0.25) is 0 Å². The predicted molar refractivity (Wildman–Crippen MR) is 118 cm³/mol. The lowest BCUT2D eigenvalue weighted by Crippen LogP contribution is -2.26. The number of aliphatic carboxylic acids is 1. The highest BCUT2D eigenvalue weighted by atomic mass is 32.2. The molecule has 0 radical (unpaired) electrons. The maximum absolute atomic E-state index is 13.3. The Bertz CT molecular complexity index is 1000. The summed E-state index contributed by atoms with van der Waals surface area (Å²) >= 11 is 0. The van der Waals surface area contributed by atoms with Gasteiger partial charge in [0.05, 0.1) is 16.6 Å². The molecule has 2 aromatic carbocycles. The van der Waals surface area contributed by atoms with Crippen molar-refractivity contribution in [2.24, 2.45) is 0 Å². The summed E-state index contributed by atoms with van der Waals surface area (Å²) in [6, 6.07) is 13.1. The first-order valence-corrected chi connectivity index (χ1v) is 11.9. The molecule has 7 heteroatoms. The van der Waals surface area contributed by atoms with E-state index in [2.05, 4.69) is 5.32 Å². The molecule has 0 aliphatic carbocycles. The minimum absolute atomic E-state index is 0.205. The van der Waals surface area contributed by atoms with E-state index in [1.165, 1.54) is 4.31 Å². The minimum atomic E-state index is -3.63. The maximum atomic E-state index is 13.3. The lowest BCUT2D eigenvalue weighted by Gasteiger charge is -2.22. The summed E-state index contributed by atoms with van der Waals surface area (Å²) in [7, 11) is -2.02. The third-order valence-electron chi connectivity index (χ3n) is 5.62. The second-order valence-electron chi connectivity index (χ2n) is 7.87. The van der Waals surface area contributed by atoms with Gasteiger partial charge in [0.1, 0.15) is 0 Å². The minimum Gasteiger partial charge on any atom is -0.481 e. The van der Waals surface area contributed by atoms with Crippen LogP contribution >= 0.6 is 0 Å². The van der Waals surface area contributed by atoms with Crippen molar-refractivity contribution in [2.75, 3.05) is 17.9 Å². The molecule has 0 amide bonds. The van der Waals surface area contributed by atoms with Crippen LogP contribution < -0.4 is 9.62 Å². The number of nitrogens with zero attached hydrogens (tertiary/aromatic N) is 1. The van der Waals surface area contributed by atoms with Crippen molar-refractivity contribution in [3.8, 4) is 0 Å². The number of unbranched alkanes of at least 4 members (excludes halogenated alkanes) is 4. The number of para-hydroxylation sites is 1.